The number of halogens is 1. The maximum atomic E-state index is 13.0. The summed E-state index contributed by atoms with van der Waals surface area (Å²) in [6.07, 6.45) is 2.59. The molecule has 2 heterocycles. The zero-order valence-electron chi connectivity index (χ0n) is 15.1. The van der Waals surface area contributed by atoms with Crippen LogP contribution < -0.4 is 5.73 Å². The molecule has 140 valence electrons. The van der Waals surface area contributed by atoms with Crippen molar-refractivity contribution in [3.8, 4) is 0 Å². The van der Waals surface area contributed by atoms with Crippen molar-refractivity contribution >= 4 is 29.1 Å². The third-order valence-electron chi connectivity index (χ3n) is 3.97. The van der Waals surface area contributed by atoms with Crippen molar-refractivity contribution in [2.45, 2.75) is 38.8 Å². The molecule has 0 saturated heterocycles. The zero-order valence-corrected chi connectivity index (χ0v) is 15.8. The maximum absolute atomic E-state index is 13.0. The molecule has 0 bridgehead atoms. The molecule has 0 saturated carbocycles. The Morgan fingerprint density at radius 1 is 1.11 bits per heavy atom. The normalized spacial score (nSPS) is 14.4. The van der Waals surface area contributed by atoms with E-state index in [2.05, 4.69) is 9.97 Å². The lowest BCUT2D eigenvalue weighted by atomic mass is 9.85. The summed E-state index contributed by atoms with van der Waals surface area (Å²) in [5.74, 6) is -1.50. The molecule has 2 aromatic rings. The van der Waals surface area contributed by atoms with Crippen LogP contribution >= 0.6 is 11.6 Å². The number of hydrogen-bond donors (Lipinski definition) is 1. The summed E-state index contributed by atoms with van der Waals surface area (Å²) in [6.45, 7) is 5.25. The maximum Gasteiger partial charge on any atom is 0.308 e. The summed E-state index contributed by atoms with van der Waals surface area (Å²) in [4.78, 5) is 45.9. The van der Waals surface area contributed by atoms with Crippen LogP contribution in [0.3, 0.4) is 0 Å². The van der Waals surface area contributed by atoms with Gasteiger partial charge in [0.2, 0.25) is 5.78 Å². The Balaban J connectivity index is 2.02. The number of esters is 1. The summed E-state index contributed by atoms with van der Waals surface area (Å²) in [7, 11) is 0. The summed E-state index contributed by atoms with van der Waals surface area (Å²) in [6, 6.07) is 2.12. The molecule has 0 amide bonds. The first-order valence-corrected chi connectivity index (χ1v) is 8.68. The first kappa shape index (κ1) is 19.1. The minimum absolute atomic E-state index is 0.0235. The molecule has 27 heavy (non-hydrogen) atoms. The molecular weight excluding hydrogens is 370 g/mol. The summed E-state index contributed by atoms with van der Waals surface area (Å²) < 4.78 is 5.28. The summed E-state index contributed by atoms with van der Waals surface area (Å²) >= 11 is 6.12. The van der Waals surface area contributed by atoms with Crippen molar-refractivity contribution in [1.29, 1.82) is 0 Å². The third kappa shape index (κ3) is 3.61. The van der Waals surface area contributed by atoms with E-state index < -0.39 is 29.2 Å². The molecule has 2 aromatic heterocycles. The van der Waals surface area contributed by atoms with Gasteiger partial charge in [0.15, 0.2) is 5.78 Å². The lowest BCUT2D eigenvalue weighted by Gasteiger charge is -2.23. The molecule has 1 atom stereocenters. The van der Waals surface area contributed by atoms with Crippen LogP contribution in [0.25, 0.3) is 0 Å². The molecule has 0 aromatic carbocycles. The second-order valence-corrected chi connectivity index (χ2v) is 7.60. The molecule has 1 unspecified atom stereocenters. The molecule has 0 spiro atoms. The fourth-order valence-electron chi connectivity index (χ4n) is 2.93. The van der Waals surface area contributed by atoms with E-state index >= 15 is 0 Å². The molecule has 3 rings (SSSR count). The van der Waals surface area contributed by atoms with Crippen LogP contribution in [0.15, 0.2) is 24.5 Å². The number of carbonyl (C=O) groups excluding carboxylic acids is 3. The molecule has 0 aliphatic heterocycles. The Labute approximate surface area is 160 Å². The van der Waals surface area contributed by atoms with E-state index in [1.807, 2.05) is 0 Å². The number of aromatic nitrogens is 2. The quantitative estimate of drug-likeness (QED) is 0.687. The Hall–Kier alpha value is -2.64. The van der Waals surface area contributed by atoms with Gasteiger partial charge in [-0.1, -0.05) is 11.6 Å². The van der Waals surface area contributed by atoms with Crippen molar-refractivity contribution in [2.75, 3.05) is 0 Å². The Kier molecular flexibility index (Phi) is 4.84. The molecule has 0 radical (unpaired) electrons. The number of nitrogens with two attached hydrogens (primary N) is 1. The van der Waals surface area contributed by atoms with Crippen LogP contribution in [0.2, 0.25) is 5.02 Å². The molecular formula is C19H18ClN3O4. The van der Waals surface area contributed by atoms with E-state index in [4.69, 9.17) is 22.1 Å². The van der Waals surface area contributed by atoms with Crippen LogP contribution in [0, 0.1) is 0 Å². The topological polar surface area (TPSA) is 112 Å². The monoisotopic (exact) mass is 387 g/mol. The number of fused-ring (bicyclic) bond motifs is 2. The molecule has 8 heteroatoms. The Bertz CT molecular complexity index is 966. The van der Waals surface area contributed by atoms with Crippen LogP contribution in [0.1, 0.15) is 70.9 Å². The molecule has 1 aliphatic rings. The number of rotatable bonds is 3. The molecule has 2 N–H and O–H groups in total. The molecule has 1 aliphatic carbocycles. The van der Waals surface area contributed by atoms with E-state index in [1.54, 1.807) is 20.8 Å². The van der Waals surface area contributed by atoms with Gasteiger partial charge in [-0.2, -0.15) is 0 Å². The van der Waals surface area contributed by atoms with Crippen LogP contribution in [0.5, 0.6) is 0 Å². The third-order valence-corrected chi connectivity index (χ3v) is 4.29. The lowest BCUT2D eigenvalue weighted by Crippen LogP contribution is -2.30. The van der Waals surface area contributed by atoms with Gasteiger partial charge in [0.25, 0.3) is 0 Å². The Morgan fingerprint density at radius 3 is 2.33 bits per heavy atom. The highest BCUT2D eigenvalue weighted by Gasteiger charge is 2.36. The van der Waals surface area contributed by atoms with Gasteiger partial charge in [-0.05, 0) is 38.5 Å². The number of ketones is 2. The smallest absolute Gasteiger partial charge is 0.308 e. The highest BCUT2D eigenvalue weighted by molar-refractivity contribution is 6.38. The van der Waals surface area contributed by atoms with Gasteiger partial charge in [0, 0.05) is 18.4 Å². The van der Waals surface area contributed by atoms with Crippen LogP contribution in [0.4, 0.5) is 0 Å². The number of ether oxygens (including phenoxy) is 1. The molecule has 7 nitrogen and oxygen atoms in total. The fraction of sp³-hybridized carbons (Fsp3) is 0.316. The largest absolute Gasteiger partial charge is 0.460 e. The van der Waals surface area contributed by atoms with Crippen LogP contribution in [-0.2, 0) is 9.53 Å². The predicted octanol–water partition coefficient (Wildman–Crippen LogP) is 2.64. The molecule has 0 fully saturated rings. The van der Waals surface area contributed by atoms with Crippen molar-refractivity contribution in [1.82, 2.24) is 9.97 Å². The van der Waals surface area contributed by atoms with Gasteiger partial charge in [0.05, 0.1) is 22.6 Å². The van der Waals surface area contributed by atoms with Gasteiger partial charge in [0.1, 0.15) is 17.0 Å². The highest BCUT2D eigenvalue weighted by Crippen LogP contribution is 2.33. The first-order chi connectivity index (χ1) is 12.6. The van der Waals surface area contributed by atoms with E-state index in [0.29, 0.717) is 5.56 Å². The first-order valence-electron chi connectivity index (χ1n) is 8.30. The number of hydrogen-bond acceptors (Lipinski definition) is 7. The summed E-state index contributed by atoms with van der Waals surface area (Å²) in [5, 5.41) is 0.125. The summed E-state index contributed by atoms with van der Waals surface area (Å²) in [5.41, 5.74) is 5.85. The van der Waals surface area contributed by atoms with Gasteiger partial charge in [-0.15, -0.1) is 0 Å². The standard InChI is InChI=1S/C19H18ClN3O4/c1-19(2,3)27-12(24)8-11(21)9-4-6-22-15-13(9)17(25)14-10(20)5-7-23-16(14)18(15)26/h4-7,11H,8,21H2,1-3H3. The van der Waals surface area contributed by atoms with Gasteiger partial charge in [-0.25, -0.2) is 0 Å². The van der Waals surface area contributed by atoms with Crippen molar-refractivity contribution in [3.05, 3.63) is 57.6 Å². The van der Waals surface area contributed by atoms with Gasteiger partial charge >= 0.3 is 5.97 Å². The predicted molar refractivity (Wildman–Crippen MR) is 97.7 cm³/mol. The van der Waals surface area contributed by atoms with Crippen LogP contribution in [-0.4, -0.2) is 33.1 Å². The Morgan fingerprint density at radius 2 is 1.70 bits per heavy atom. The second-order valence-electron chi connectivity index (χ2n) is 7.20. The number of nitrogens with zero attached hydrogens (tertiary/aromatic N) is 2. The highest BCUT2D eigenvalue weighted by atomic mass is 35.5. The van der Waals surface area contributed by atoms with Crippen molar-refractivity contribution in [2.24, 2.45) is 5.73 Å². The van der Waals surface area contributed by atoms with E-state index in [1.165, 1.54) is 24.5 Å². The minimum Gasteiger partial charge on any atom is -0.460 e. The van der Waals surface area contributed by atoms with Gasteiger partial charge < -0.3 is 10.5 Å². The van der Waals surface area contributed by atoms with Gasteiger partial charge in [-0.3, -0.25) is 24.4 Å². The minimum atomic E-state index is -0.842. The average Bonchev–Trinajstić information content (AvgIpc) is 2.57. The fourth-order valence-corrected chi connectivity index (χ4v) is 3.16. The number of pyridine rings is 2. The number of carbonyl (C=O) groups is 3. The average molecular weight is 388 g/mol. The zero-order chi connectivity index (χ0) is 19.9. The lowest BCUT2D eigenvalue weighted by molar-refractivity contribution is -0.155. The van der Waals surface area contributed by atoms with E-state index in [0.717, 1.165) is 0 Å². The second kappa shape index (κ2) is 6.83. The van der Waals surface area contributed by atoms with Crippen molar-refractivity contribution < 1.29 is 19.1 Å². The van der Waals surface area contributed by atoms with E-state index in [-0.39, 0.29) is 34.0 Å². The SMILES string of the molecule is CC(C)(C)OC(=O)CC(N)c1ccnc2c1C(=O)c1c(Cl)ccnc1C2=O. The van der Waals surface area contributed by atoms with Crippen molar-refractivity contribution in [3.63, 3.8) is 0 Å². The van der Waals surface area contributed by atoms with E-state index in [9.17, 15) is 14.4 Å².